The van der Waals surface area contributed by atoms with Crippen LogP contribution >= 0.6 is 0 Å². The van der Waals surface area contributed by atoms with E-state index < -0.39 is 0 Å². The first kappa shape index (κ1) is 27.7. The van der Waals surface area contributed by atoms with Gasteiger partial charge in [0.1, 0.15) is 6.33 Å². The second kappa shape index (κ2) is 13.1. The Bertz CT molecular complexity index is 1870. The number of aromatic nitrogens is 2. The van der Waals surface area contributed by atoms with E-state index in [2.05, 4.69) is 157 Å². The van der Waals surface area contributed by atoms with E-state index in [0.717, 1.165) is 33.7 Å². The van der Waals surface area contributed by atoms with Crippen LogP contribution in [-0.4, -0.2) is 15.7 Å². The normalized spacial score (nSPS) is 12.6. The molecule has 0 amide bonds. The molecule has 3 heteroatoms. The van der Waals surface area contributed by atoms with Crippen molar-refractivity contribution in [2.75, 3.05) is 0 Å². The molecule has 0 N–H and O–H groups in total. The van der Waals surface area contributed by atoms with Gasteiger partial charge < -0.3 is 0 Å². The number of benzene rings is 5. The molecule has 0 saturated carbocycles. The van der Waals surface area contributed by atoms with Gasteiger partial charge in [-0.05, 0) is 58.0 Å². The number of allylic oxidation sites excluding steroid dienone is 1. The molecule has 3 nitrogen and oxygen atoms in total. The molecule has 1 unspecified atom stereocenters. The molecule has 1 heterocycles. The molecule has 6 rings (SSSR count). The number of nitrogens with zero attached hydrogens (tertiary/aromatic N) is 3. The molecule has 0 radical (unpaired) electrons. The average molecular weight is 556 g/mol. The monoisotopic (exact) mass is 555 g/mol. The molecule has 0 spiro atoms. The highest BCUT2D eigenvalue weighted by molar-refractivity contribution is 6.02. The van der Waals surface area contributed by atoms with Crippen LogP contribution in [0.3, 0.4) is 0 Å². The fraction of sp³-hybridized carbons (Fsp3) is 0.0750. The summed E-state index contributed by atoms with van der Waals surface area (Å²) in [5.74, 6) is 0.142. The summed E-state index contributed by atoms with van der Waals surface area (Å²) >= 11 is 0. The van der Waals surface area contributed by atoms with E-state index >= 15 is 0 Å². The predicted octanol–water partition coefficient (Wildman–Crippen LogP) is 10.1. The van der Waals surface area contributed by atoms with Gasteiger partial charge in [-0.2, -0.15) is 0 Å². The summed E-state index contributed by atoms with van der Waals surface area (Å²) in [4.78, 5) is 13.7. The molecule has 0 fully saturated rings. The molecule has 0 saturated heterocycles. The first-order chi connectivity index (χ1) is 21.1. The molecule has 0 bridgehead atoms. The van der Waals surface area contributed by atoms with Gasteiger partial charge in [-0.25, -0.2) is 9.97 Å². The Morgan fingerprint density at radius 1 is 0.558 bits per heavy atom. The molecule has 1 atom stereocenters. The van der Waals surface area contributed by atoms with E-state index in [0.29, 0.717) is 0 Å². The summed E-state index contributed by atoms with van der Waals surface area (Å²) in [6.07, 6.45) is 7.51. The lowest BCUT2D eigenvalue weighted by molar-refractivity contribution is 0.967. The minimum atomic E-state index is 0.142. The zero-order chi connectivity index (χ0) is 29.4. The number of hydrogen-bond donors (Lipinski definition) is 0. The van der Waals surface area contributed by atoms with E-state index in [1.54, 1.807) is 6.33 Å². The molecule has 6 aromatic rings. The third kappa shape index (κ3) is 6.74. The summed E-state index contributed by atoms with van der Waals surface area (Å²) in [5, 5.41) is 0. The molecule has 0 aliphatic carbocycles. The number of hydrogen-bond acceptors (Lipinski definition) is 3. The predicted molar refractivity (Wildman–Crippen MR) is 180 cm³/mol. The standard InChI is InChI=1S/C40H33N3/c1-29(33-16-9-18-35(23-33)31-12-5-3-6-13-31)22-40(38-21-11-19-36(25-38)32-14-7-4-8-15-32)43-30(2)34-17-10-20-37(24-34)39-26-41-28-42-27-39/h3-29H,1-2H3/b40-22-,43-30?. The molecule has 43 heavy (non-hydrogen) atoms. The third-order valence-electron chi connectivity index (χ3n) is 7.66. The van der Waals surface area contributed by atoms with Gasteiger partial charge in [0, 0.05) is 35.2 Å². The van der Waals surface area contributed by atoms with Crippen molar-refractivity contribution in [1.82, 2.24) is 9.97 Å². The lowest BCUT2D eigenvalue weighted by Crippen LogP contribution is -1.98. The molecule has 0 aliphatic rings. The minimum absolute atomic E-state index is 0.142. The molecular weight excluding hydrogens is 522 g/mol. The topological polar surface area (TPSA) is 38.1 Å². The van der Waals surface area contributed by atoms with Crippen molar-refractivity contribution in [2.45, 2.75) is 19.8 Å². The maximum Gasteiger partial charge on any atom is 0.115 e. The first-order valence-electron chi connectivity index (χ1n) is 14.6. The van der Waals surface area contributed by atoms with E-state index in [1.165, 1.54) is 27.8 Å². The molecule has 208 valence electrons. The third-order valence-corrected chi connectivity index (χ3v) is 7.66. The average Bonchev–Trinajstić information content (AvgIpc) is 3.09. The van der Waals surface area contributed by atoms with E-state index in [4.69, 9.17) is 4.99 Å². The van der Waals surface area contributed by atoms with Gasteiger partial charge in [-0.15, -0.1) is 0 Å². The quantitative estimate of drug-likeness (QED) is 0.175. The highest BCUT2D eigenvalue weighted by Gasteiger charge is 2.11. The van der Waals surface area contributed by atoms with Crippen LogP contribution in [0.25, 0.3) is 39.1 Å². The Balaban J connectivity index is 1.41. The maximum atomic E-state index is 5.28. The summed E-state index contributed by atoms with van der Waals surface area (Å²) in [5.41, 5.74) is 12.1. The lowest BCUT2D eigenvalue weighted by Gasteiger charge is -2.14. The maximum absolute atomic E-state index is 5.28. The van der Waals surface area contributed by atoms with Crippen molar-refractivity contribution in [3.8, 4) is 33.4 Å². The van der Waals surface area contributed by atoms with E-state index in [-0.39, 0.29) is 5.92 Å². The van der Waals surface area contributed by atoms with Crippen LogP contribution in [0.2, 0.25) is 0 Å². The van der Waals surface area contributed by atoms with Gasteiger partial charge in [0.25, 0.3) is 0 Å². The van der Waals surface area contributed by atoms with Crippen molar-refractivity contribution in [3.63, 3.8) is 0 Å². The van der Waals surface area contributed by atoms with Gasteiger partial charge in [0.15, 0.2) is 0 Å². The van der Waals surface area contributed by atoms with Crippen LogP contribution in [0.4, 0.5) is 0 Å². The van der Waals surface area contributed by atoms with Crippen LogP contribution in [0.1, 0.15) is 36.5 Å². The fourth-order valence-electron chi connectivity index (χ4n) is 5.27. The number of aliphatic imine (C=N–C) groups is 1. The second-order valence-corrected chi connectivity index (χ2v) is 10.7. The van der Waals surface area contributed by atoms with E-state index in [1.807, 2.05) is 18.5 Å². The molecule has 5 aromatic carbocycles. The second-order valence-electron chi connectivity index (χ2n) is 10.7. The van der Waals surface area contributed by atoms with Crippen molar-refractivity contribution >= 4 is 11.4 Å². The molecule has 0 aliphatic heterocycles. The summed E-state index contributed by atoms with van der Waals surface area (Å²) < 4.78 is 0. The van der Waals surface area contributed by atoms with Gasteiger partial charge >= 0.3 is 0 Å². The first-order valence-corrected chi connectivity index (χ1v) is 14.6. The van der Waals surface area contributed by atoms with Crippen molar-refractivity contribution in [3.05, 3.63) is 175 Å². The number of rotatable bonds is 8. The Morgan fingerprint density at radius 3 is 1.72 bits per heavy atom. The zero-order valence-corrected chi connectivity index (χ0v) is 24.4. The van der Waals surface area contributed by atoms with Crippen LogP contribution in [0.5, 0.6) is 0 Å². The zero-order valence-electron chi connectivity index (χ0n) is 24.4. The van der Waals surface area contributed by atoms with Crippen LogP contribution < -0.4 is 0 Å². The van der Waals surface area contributed by atoms with E-state index in [9.17, 15) is 0 Å². The van der Waals surface area contributed by atoms with Crippen LogP contribution in [0, 0.1) is 0 Å². The Labute approximate surface area is 254 Å². The van der Waals surface area contributed by atoms with Crippen LogP contribution in [-0.2, 0) is 0 Å². The Kier molecular flexibility index (Phi) is 8.42. The van der Waals surface area contributed by atoms with Gasteiger partial charge in [0.2, 0.25) is 0 Å². The summed E-state index contributed by atoms with van der Waals surface area (Å²) in [7, 11) is 0. The Hall–Kier alpha value is -5.41. The highest BCUT2D eigenvalue weighted by Crippen LogP contribution is 2.30. The summed E-state index contributed by atoms with van der Waals surface area (Å²) in [6.45, 7) is 4.32. The van der Waals surface area contributed by atoms with Crippen molar-refractivity contribution in [2.24, 2.45) is 4.99 Å². The molecular formula is C40H33N3. The van der Waals surface area contributed by atoms with Gasteiger partial charge in [-0.3, -0.25) is 4.99 Å². The summed E-state index contributed by atoms with van der Waals surface area (Å²) in [6, 6.07) is 46.9. The van der Waals surface area contributed by atoms with Gasteiger partial charge in [0.05, 0.1) is 5.70 Å². The molecule has 1 aromatic heterocycles. The van der Waals surface area contributed by atoms with Crippen LogP contribution in [0.15, 0.2) is 163 Å². The van der Waals surface area contributed by atoms with Crippen molar-refractivity contribution < 1.29 is 0 Å². The fourth-order valence-corrected chi connectivity index (χ4v) is 5.27. The lowest BCUT2D eigenvalue weighted by atomic mass is 9.94. The van der Waals surface area contributed by atoms with Crippen molar-refractivity contribution in [1.29, 1.82) is 0 Å². The minimum Gasteiger partial charge on any atom is -0.253 e. The smallest absolute Gasteiger partial charge is 0.115 e. The largest absolute Gasteiger partial charge is 0.253 e. The van der Waals surface area contributed by atoms with Gasteiger partial charge in [-0.1, -0.05) is 134 Å². The highest BCUT2D eigenvalue weighted by atomic mass is 14.8. The SMILES string of the molecule is CC(=N/C(=C\C(C)c1cccc(-c2ccccc2)c1)c1cccc(-c2ccccc2)c1)c1cccc(-c2cncnc2)c1. The Morgan fingerprint density at radius 2 is 1.07 bits per heavy atom.